The first-order chi connectivity index (χ1) is 6.74. The number of carbonyl (C=O) groups excluding carboxylic acids is 1. The summed E-state index contributed by atoms with van der Waals surface area (Å²) in [6.45, 7) is 5.52. The average molecular weight is 193 g/mol. The predicted molar refractivity (Wildman–Crippen MR) is 59.4 cm³/mol. The normalized spacial score (nSPS) is 20.1. The average Bonchev–Trinajstić information content (AvgIpc) is 2.67. The third kappa shape index (κ3) is 3.44. The molecule has 0 bridgehead atoms. The van der Waals surface area contributed by atoms with E-state index in [1.54, 1.807) is 6.08 Å². The van der Waals surface area contributed by atoms with Crippen LogP contribution in [0.5, 0.6) is 0 Å². The number of amides is 1. The molecule has 1 saturated carbocycles. The summed E-state index contributed by atoms with van der Waals surface area (Å²) in [5.74, 6) is 0.539. The van der Waals surface area contributed by atoms with Crippen LogP contribution in [0.1, 0.15) is 39.0 Å². The topological polar surface area (TPSA) is 29.4 Å². The zero-order valence-electron chi connectivity index (χ0n) is 8.91. The molecule has 1 rings (SSSR count). The van der Waals surface area contributed by atoms with Crippen molar-refractivity contribution in [2.45, 2.75) is 39.0 Å². The molecule has 0 saturated heterocycles. The van der Waals surface area contributed by atoms with Crippen LogP contribution < -0.4 is 0 Å². The van der Waals surface area contributed by atoms with Crippen LogP contribution in [-0.4, -0.2) is 12.1 Å². The molecule has 0 aromatic carbocycles. The zero-order chi connectivity index (χ0) is 10.4. The van der Waals surface area contributed by atoms with E-state index in [1.807, 2.05) is 13.1 Å². The lowest BCUT2D eigenvalue weighted by atomic mass is 10.1. The highest BCUT2D eigenvalue weighted by Crippen LogP contribution is 2.22. The molecule has 1 unspecified atom stereocenters. The monoisotopic (exact) mass is 193 g/mol. The highest BCUT2D eigenvalue weighted by Gasteiger charge is 2.14. The summed E-state index contributed by atoms with van der Waals surface area (Å²) in [6.07, 6.45) is 9.32. The second-order valence-corrected chi connectivity index (χ2v) is 4.09. The number of carbonyl (C=O) groups is 1. The summed E-state index contributed by atoms with van der Waals surface area (Å²) in [7, 11) is 0. The van der Waals surface area contributed by atoms with Crippen LogP contribution in [-0.2, 0) is 4.79 Å². The second kappa shape index (κ2) is 5.74. The Kier molecular flexibility index (Phi) is 4.57. The van der Waals surface area contributed by atoms with E-state index in [4.69, 9.17) is 0 Å². The van der Waals surface area contributed by atoms with Gasteiger partial charge in [0.2, 0.25) is 5.91 Å². The Balaban J connectivity index is 2.34. The first kappa shape index (κ1) is 11.2. The maximum Gasteiger partial charge on any atom is 0.248 e. The number of rotatable bonds is 4. The van der Waals surface area contributed by atoms with Gasteiger partial charge < -0.3 is 0 Å². The largest absolute Gasteiger partial charge is 0.272 e. The third-order valence-corrected chi connectivity index (χ3v) is 2.75. The van der Waals surface area contributed by atoms with Gasteiger partial charge in [0.25, 0.3) is 0 Å². The van der Waals surface area contributed by atoms with E-state index in [1.165, 1.54) is 25.7 Å². The van der Waals surface area contributed by atoms with Gasteiger partial charge in [-0.1, -0.05) is 25.8 Å². The van der Waals surface area contributed by atoms with E-state index in [0.29, 0.717) is 5.92 Å². The maximum atomic E-state index is 11.4. The Bertz CT molecular complexity index is 226. The third-order valence-electron chi connectivity index (χ3n) is 2.75. The van der Waals surface area contributed by atoms with Crippen LogP contribution in [0.25, 0.3) is 0 Å². The van der Waals surface area contributed by atoms with Gasteiger partial charge in [-0.2, -0.15) is 0 Å². The van der Waals surface area contributed by atoms with Gasteiger partial charge in [0.05, 0.1) is 0 Å². The summed E-state index contributed by atoms with van der Waals surface area (Å²) in [6, 6.07) is 0. The Hall–Kier alpha value is -0.920. The van der Waals surface area contributed by atoms with E-state index in [0.717, 1.165) is 6.42 Å². The van der Waals surface area contributed by atoms with E-state index in [9.17, 15) is 4.79 Å². The molecule has 0 spiro atoms. The molecule has 0 heterocycles. The standard InChI is InChI=1S/C12H19NO/c1-3-6-10(2)12(14)13-9-11-7-4-5-8-11/h3,9-11H,1,4-8H2,2H3. The van der Waals surface area contributed by atoms with Crippen molar-refractivity contribution in [3.05, 3.63) is 12.7 Å². The number of hydrogen-bond acceptors (Lipinski definition) is 1. The molecule has 78 valence electrons. The molecule has 1 fully saturated rings. The number of allylic oxidation sites excluding steroid dienone is 1. The summed E-state index contributed by atoms with van der Waals surface area (Å²) in [5, 5.41) is 0. The molecule has 14 heavy (non-hydrogen) atoms. The molecule has 2 heteroatoms. The van der Waals surface area contributed by atoms with Gasteiger partial charge in [-0.15, -0.1) is 6.58 Å². The van der Waals surface area contributed by atoms with Gasteiger partial charge in [0.15, 0.2) is 0 Å². The van der Waals surface area contributed by atoms with Crippen LogP contribution in [0.4, 0.5) is 0 Å². The minimum Gasteiger partial charge on any atom is -0.272 e. The predicted octanol–water partition coefficient (Wildman–Crippen LogP) is 2.99. The molecule has 1 aliphatic carbocycles. The second-order valence-electron chi connectivity index (χ2n) is 4.09. The van der Waals surface area contributed by atoms with E-state index in [2.05, 4.69) is 11.6 Å². The van der Waals surface area contributed by atoms with Gasteiger partial charge >= 0.3 is 0 Å². The number of nitrogens with zero attached hydrogens (tertiary/aromatic N) is 1. The first-order valence-electron chi connectivity index (χ1n) is 5.43. The minimum atomic E-state index is -0.00912. The van der Waals surface area contributed by atoms with Crippen LogP contribution in [0.3, 0.4) is 0 Å². The lowest BCUT2D eigenvalue weighted by molar-refractivity contribution is -0.120. The van der Waals surface area contributed by atoms with Gasteiger partial charge in [-0.3, -0.25) is 4.79 Å². The van der Waals surface area contributed by atoms with Crippen molar-refractivity contribution in [3.63, 3.8) is 0 Å². The van der Waals surface area contributed by atoms with Crippen molar-refractivity contribution < 1.29 is 4.79 Å². The van der Waals surface area contributed by atoms with Gasteiger partial charge in [0.1, 0.15) is 0 Å². The lowest BCUT2D eigenvalue weighted by Crippen LogP contribution is -2.08. The summed E-state index contributed by atoms with van der Waals surface area (Å²) >= 11 is 0. The Morgan fingerprint density at radius 2 is 2.21 bits per heavy atom. The smallest absolute Gasteiger partial charge is 0.248 e. The SMILES string of the molecule is C=CCC(C)C(=O)N=CC1CCCC1. The molecule has 2 nitrogen and oxygen atoms in total. The molecule has 1 atom stereocenters. The van der Waals surface area contributed by atoms with Crippen LogP contribution in [0.2, 0.25) is 0 Å². The molecule has 0 N–H and O–H groups in total. The quantitative estimate of drug-likeness (QED) is 0.498. The maximum absolute atomic E-state index is 11.4. The fourth-order valence-electron chi connectivity index (χ4n) is 1.76. The van der Waals surface area contributed by atoms with Crippen molar-refractivity contribution in [3.8, 4) is 0 Å². The summed E-state index contributed by atoms with van der Waals surface area (Å²) < 4.78 is 0. The lowest BCUT2D eigenvalue weighted by Gasteiger charge is -2.03. The fourth-order valence-corrected chi connectivity index (χ4v) is 1.76. The van der Waals surface area contributed by atoms with Gasteiger partial charge in [-0.05, 0) is 25.2 Å². The molecule has 1 amide bonds. The van der Waals surface area contributed by atoms with Gasteiger partial charge in [0, 0.05) is 12.1 Å². The van der Waals surface area contributed by atoms with E-state index in [-0.39, 0.29) is 11.8 Å². The highest BCUT2D eigenvalue weighted by molar-refractivity contribution is 5.87. The van der Waals surface area contributed by atoms with Gasteiger partial charge in [-0.25, -0.2) is 4.99 Å². The van der Waals surface area contributed by atoms with Crippen LogP contribution in [0, 0.1) is 11.8 Å². The Morgan fingerprint density at radius 3 is 2.79 bits per heavy atom. The van der Waals surface area contributed by atoms with Crippen LogP contribution >= 0.6 is 0 Å². The molecular formula is C12H19NO. The molecular weight excluding hydrogens is 174 g/mol. The minimum absolute atomic E-state index is 0.00296. The summed E-state index contributed by atoms with van der Waals surface area (Å²) in [4.78, 5) is 15.5. The summed E-state index contributed by atoms with van der Waals surface area (Å²) in [5.41, 5.74) is 0. The molecule has 0 radical (unpaired) electrons. The highest BCUT2D eigenvalue weighted by atomic mass is 16.1. The van der Waals surface area contributed by atoms with Crippen molar-refractivity contribution >= 4 is 12.1 Å². The Morgan fingerprint density at radius 1 is 1.57 bits per heavy atom. The van der Waals surface area contributed by atoms with Crippen LogP contribution in [0.15, 0.2) is 17.6 Å². The zero-order valence-corrected chi connectivity index (χ0v) is 8.91. The molecule has 0 aromatic rings. The Labute approximate surface area is 86.1 Å². The first-order valence-corrected chi connectivity index (χ1v) is 5.43. The van der Waals surface area contributed by atoms with E-state index >= 15 is 0 Å². The number of aliphatic imine (C=N–C) groups is 1. The molecule has 0 aromatic heterocycles. The van der Waals surface area contributed by atoms with Crippen molar-refractivity contribution in [1.82, 2.24) is 0 Å². The fraction of sp³-hybridized carbons (Fsp3) is 0.667. The van der Waals surface area contributed by atoms with Crippen molar-refractivity contribution in [2.75, 3.05) is 0 Å². The number of hydrogen-bond donors (Lipinski definition) is 0. The van der Waals surface area contributed by atoms with Crippen molar-refractivity contribution in [1.29, 1.82) is 0 Å². The molecule has 0 aliphatic heterocycles. The molecule has 1 aliphatic rings. The van der Waals surface area contributed by atoms with Crippen molar-refractivity contribution in [2.24, 2.45) is 16.8 Å². The van der Waals surface area contributed by atoms with E-state index < -0.39 is 0 Å².